The predicted molar refractivity (Wildman–Crippen MR) is 92.4 cm³/mol. The van der Waals surface area contributed by atoms with E-state index in [1.165, 1.54) is 0 Å². The highest BCUT2D eigenvalue weighted by Crippen LogP contribution is 2.16. The number of rotatable bonds is 5. The number of anilines is 1. The van der Waals surface area contributed by atoms with Crippen LogP contribution < -0.4 is 25.6 Å². The van der Waals surface area contributed by atoms with E-state index in [-0.39, 0.29) is 17.6 Å². The first-order valence-corrected chi connectivity index (χ1v) is 7.26. The predicted octanol–water partition coefficient (Wildman–Crippen LogP) is 2.09. The van der Waals surface area contributed by atoms with Crippen molar-refractivity contribution in [1.29, 1.82) is 0 Å². The molecule has 0 aliphatic carbocycles. The molecule has 120 valence electrons. The van der Waals surface area contributed by atoms with Crippen molar-refractivity contribution in [3.63, 3.8) is 0 Å². The number of hydrazine groups is 1. The van der Waals surface area contributed by atoms with Gasteiger partial charge in [0.1, 0.15) is 11.5 Å². The van der Waals surface area contributed by atoms with Gasteiger partial charge in [-0.2, -0.15) is 0 Å². The van der Waals surface area contributed by atoms with Crippen molar-refractivity contribution in [2.24, 2.45) is 0 Å². The van der Waals surface area contributed by atoms with Crippen molar-refractivity contribution in [3.8, 4) is 11.5 Å². The van der Waals surface area contributed by atoms with Gasteiger partial charge in [-0.1, -0.05) is 18.2 Å². The lowest BCUT2D eigenvalue weighted by Crippen LogP contribution is -2.45. The van der Waals surface area contributed by atoms with Gasteiger partial charge >= 0.3 is 0 Å². The van der Waals surface area contributed by atoms with Crippen LogP contribution in [0.3, 0.4) is 0 Å². The molecule has 0 aromatic heterocycles. The fourth-order valence-electron chi connectivity index (χ4n) is 1.67. The van der Waals surface area contributed by atoms with Gasteiger partial charge in [0.05, 0.1) is 7.11 Å². The number of ether oxygens (including phenoxy) is 2. The van der Waals surface area contributed by atoms with Crippen molar-refractivity contribution >= 4 is 28.9 Å². The van der Waals surface area contributed by atoms with Gasteiger partial charge < -0.3 is 14.8 Å². The molecule has 0 aliphatic heterocycles. The highest BCUT2D eigenvalue weighted by molar-refractivity contribution is 7.80. The van der Waals surface area contributed by atoms with Crippen LogP contribution in [0.15, 0.2) is 54.6 Å². The van der Waals surface area contributed by atoms with Gasteiger partial charge in [-0.05, 0) is 48.6 Å². The van der Waals surface area contributed by atoms with E-state index in [2.05, 4.69) is 16.2 Å². The summed E-state index contributed by atoms with van der Waals surface area (Å²) in [5.41, 5.74) is 5.89. The lowest BCUT2D eigenvalue weighted by molar-refractivity contribution is -0.123. The molecule has 0 spiro atoms. The Morgan fingerprint density at radius 2 is 1.65 bits per heavy atom. The molecule has 0 aliphatic rings. The second kappa shape index (κ2) is 8.60. The third-order valence-electron chi connectivity index (χ3n) is 2.78. The Morgan fingerprint density at radius 1 is 1.00 bits per heavy atom. The minimum atomic E-state index is -0.349. The summed E-state index contributed by atoms with van der Waals surface area (Å²) in [6, 6.07) is 16.3. The third-order valence-corrected chi connectivity index (χ3v) is 2.98. The topological polar surface area (TPSA) is 71.6 Å². The molecule has 0 saturated heterocycles. The number of benzene rings is 2. The van der Waals surface area contributed by atoms with Crippen LogP contribution in [0.25, 0.3) is 0 Å². The maximum Gasteiger partial charge on any atom is 0.276 e. The van der Waals surface area contributed by atoms with Gasteiger partial charge in [-0.25, -0.2) is 0 Å². The van der Waals surface area contributed by atoms with Crippen LogP contribution in [0.1, 0.15) is 0 Å². The molecule has 2 aromatic carbocycles. The largest absolute Gasteiger partial charge is 0.497 e. The van der Waals surface area contributed by atoms with E-state index in [9.17, 15) is 4.79 Å². The number of para-hydroxylation sites is 1. The van der Waals surface area contributed by atoms with Crippen LogP contribution in [-0.2, 0) is 4.79 Å². The first kappa shape index (κ1) is 16.6. The smallest absolute Gasteiger partial charge is 0.276 e. The minimum Gasteiger partial charge on any atom is -0.497 e. The van der Waals surface area contributed by atoms with Crippen LogP contribution >= 0.6 is 12.2 Å². The van der Waals surface area contributed by atoms with Crippen LogP contribution in [0.4, 0.5) is 5.69 Å². The van der Waals surface area contributed by atoms with Gasteiger partial charge in [0.25, 0.3) is 5.91 Å². The Morgan fingerprint density at radius 3 is 2.30 bits per heavy atom. The van der Waals surface area contributed by atoms with Gasteiger partial charge in [0.15, 0.2) is 11.7 Å². The number of carbonyl (C=O) groups excluding carboxylic acids is 1. The molecular weight excluding hydrogens is 314 g/mol. The molecular formula is C16H17N3O3S. The fraction of sp³-hybridized carbons (Fsp3) is 0.125. The maximum absolute atomic E-state index is 11.7. The third kappa shape index (κ3) is 5.84. The maximum atomic E-state index is 11.7. The van der Waals surface area contributed by atoms with Gasteiger partial charge in [0.2, 0.25) is 0 Å². The molecule has 0 radical (unpaired) electrons. The summed E-state index contributed by atoms with van der Waals surface area (Å²) in [4.78, 5) is 11.7. The van der Waals surface area contributed by atoms with Crippen molar-refractivity contribution in [1.82, 2.24) is 10.9 Å². The van der Waals surface area contributed by atoms with Crippen LogP contribution in [0.5, 0.6) is 11.5 Å². The molecule has 0 saturated carbocycles. The summed E-state index contributed by atoms with van der Waals surface area (Å²) in [5.74, 6) is 0.949. The Balaban J connectivity index is 1.69. The number of hydrogen-bond acceptors (Lipinski definition) is 4. The summed E-state index contributed by atoms with van der Waals surface area (Å²) < 4.78 is 10.4. The second-order valence-corrected chi connectivity index (χ2v) is 4.87. The average Bonchev–Trinajstić information content (AvgIpc) is 2.59. The lowest BCUT2D eigenvalue weighted by atomic mass is 10.3. The summed E-state index contributed by atoms with van der Waals surface area (Å²) in [5, 5.41) is 3.22. The number of amides is 1. The quantitative estimate of drug-likeness (QED) is 0.576. The van der Waals surface area contributed by atoms with E-state index < -0.39 is 0 Å². The van der Waals surface area contributed by atoms with E-state index in [1.54, 1.807) is 31.4 Å². The molecule has 0 fully saturated rings. The summed E-state index contributed by atoms with van der Waals surface area (Å²) in [6.45, 7) is -0.132. The van der Waals surface area contributed by atoms with Crippen molar-refractivity contribution in [3.05, 3.63) is 54.6 Å². The van der Waals surface area contributed by atoms with Crippen molar-refractivity contribution in [2.45, 2.75) is 0 Å². The van der Waals surface area contributed by atoms with Crippen molar-refractivity contribution < 1.29 is 14.3 Å². The van der Waals surface area contributed by atoms with E-state index in [0.29, 0.717) is 5.75 Å². The molecule has 7 heteroatoms. The Labute approximate surface area is 139 Å². The number of thiocarbonyl (C=S) groups is 1. The summed E-state index contributed by atoms with van der Waals surface area (Å²) in [7, 11) is 1.58. The Kier molecular flexibility index (Phi) is 6.19. The van der Waals surface area contributed by atoms with Gasteiger partial charge in [-0.3, -0.25) is 15.6 Å². The number of nitrogens with one attached hydrogen (secondary N) is 3. The first-order chi connectivity index (χ1) is 11.2. The average molecular weight is 331 g/mol. The highest BCUT2D eigenvalue weighted by atomic mass is 32.1. The molecule has 2 rings (SSSR count). The molecule has 0 heterocycles. The van der Waals surface area contributed by atoms with E-state index in [1.807, 2.05) is 30.3 Å². The zero-order chi connectivity index (χ0) is 16.5. The lowest BCUT2D eigenvalue weighted by Gasteiger charge is -2.12. The Hall–Kier alpha value is -2.80. The molecule has 0 unspecified atom stereocenters. The molecule has 0 bridgehead atoms. The SMILES string of the molecule is COc1ccc(OCC(=O)NNC(=S)Nc2ccccc2)cc1. The zero-order valence-electron chi connectivity index (χ0n) is 12.5. The summed E-state index contributed by atoms with van der Waals surface area (Å²) >= 11 is 5.07. The van der Waals surface area contributed by atoms with Crippen LogP contribution in [0.2, 0.25) is 0 Å². The monoisotopic (exact) mass is 331 g/mol. The molecule has 6 nitrogen and oxygen atoms in total. The van der Waals surface area contributed by atoms with Crippen LogP contribution in [0, 0.1) is 0 Å². The first-order valence-electron chi connectivity index (χ1n) is 6.85. The summed E-state index contributed by atoms with van der Waals surface area (Å²) in [6.07, 6.45) is 0. The zero-order valence-corrected chi connectivity index (χ0v) is 13.4. The fourth-order valence-corrected chi connectivity index (χ4v) is 1.84. The molecule has 23 heavy (non-hydrogen) atoms. The van der Waals surface area contributed by atoms with Crippen LogP contribution in [-0.4, -0.2) is 24.7 Å². The standard InChI is InChI=1S/C16H17N3O3S/c1-21-13-7-9-14(10-8-13)22-11-15(20)18-19-16(23)17-12-5-3-2-4-6-12/h2-10H,11H2,1H3,(H,18,20)(H2,17,19,23). The molecule has 1 amide bonds. The number of carbonyl (C=O) groups is 1. The van der Waals surface area contributed by atoms with Gasteiger partial charge in [-0.15, -0.1) is 0 Å². The van der Waals surface area contributed by atoms with E-state index in [4.69, 9.17) is 21.7 Å². The van der Waals surface area contributed by atoms with E-state index in [0.717, 1.165) is 11.4 Å². The van der Waals surface area contributed by atoms with Crippen molar-refractivity contribution in [2.75, 3.05) is 19.0 Å². The number of hydrogen-bond donors (Lipinski definition) is 3. The minimum absolute atomic E-state index is 0.132. The Bertz CT molecular complexity index is 647. The molecule has 2 aromatic rings. The van der Waals surface area contributed by atoms with E-state index >= 15 is 0 Å². The molecule has 0 atom stereocenters. The number of methoxy groups -OCH3 is 1. The second-order valence-electron chi connectivity index (χ2n) is 4.46. The highest BCUT2D eigenvalue weighted by Gasteiger charge is 2.04. The normalized spacial score (nSPS) is 9.61. The molecule has 3 N–H and O–H groups in total. The van der Waals surface area contributed by atoms with Gasteiger partial charge in [0, 0.05) is 5.69 Å².